The molecule has 0 atom stereocenters. The molecule has 0 heterocycles. The van der Waals surface area contributed by atoms with Crippen LogP contribution in [0.4, 0.5) is 5.69 Å². The molecule has 2 aromatic carbocycles. The summed E-state index contributed by atoms with van der Waals surface area (Å²) in [4.78, 5) is 11.4. The molecule has 0 bridgehead atoms. The molecule has 0 fully saturated rings. The van der Waals surface area contributed by atoms with Crippen molar-refractivity contribution in [1.82, 2.24) is 0 Å². The average molecular weight is 395 g/mol. The zero-order valence-corrected chi connectivity index (χ0v) is 15.3. The standard InChI is InChI=1S/C16H18AsNO6/c1-9-8-12(11-6-4-5-7-13(11)24-3)14(17(21,22)23)15(16(9)20)18-10(2)19/h4-8,20H,1-3H3,(H,18,19)(H2,21,22,23). The summed E-state index contributed by atoms with van der Waals surface area (Å²) in [6, 6.07) is 8.21. The molecule has 0 aromatic heterocycles. The molecule has 0 saturated carbocycles. The first-order chi connectivity index (χ1) is 11.2. The van der Waals surface area contributed by atoms with E-state index < -0.39 is 24.4 Å². The number of phenols is 1. The number of phenolic OH excluding ortho intramolecular Hbond substituents is 1. The summed E-state index contributed by atoms with van der Waals surface area (Å²) in [5.41, 5.74) is 0.761. The van der Waals surface area contributed by atoms with Crippen LogP contribution in [0.15, 0.2) is 30.3 Å². The fraction of sp³-hybridized carbons (Fsp3) is 0.188. The van der Waals surface area contributed by atoms with Gasteiger partial charge in [-0.15, -0.1) is 0 Å². The second-order valence-corrected chi connectivity index (χ2v) is 8.46. The molecule has 0 aliphatic rings. The van der Waals surface area contributed by atoms with E-state index in [4.69, 9.17) is 4.74 Å². The summed E-state index contributed by atoms with van der Waals surface area (Å²) in [5.74, 6) is -0.503. The van der Waals surface area contributed by atoms with Crippen LogP contribution in [0.1, 0.15) is 12.5 Å². The normalized spacial score (nSPS) is 11.2. The van der Waals surface area contributed by atoms with Crippen LogP contribution >= 0.6 is 0 Å². The SMILES string of the molecule is COc1ccccc1-c1cc(C)c(O)c(NC(C)=O)c1[As](=O)(O)O. The Hall–Kier alpha value is -2.21. The van der Waals surface area contributed by atoms with Gasteiger partial charge in [0, 0.05) is 0 Å². The average Bonchev–Trinajstić information content (AvgIpc) is 2.49. The van der Waals surface area contributed by atoms with E-state index >= 15 is 0 Å². The van der Waals surface area contributed by atoms with Crippen molar-refractivity contribution in [2.75, 3.05) is 12.4 Å². The van der Waals surface area contributed by atoms with Gasteiger partial charge in [-0.2, -0.15) is 0 Å². The molecule has 0 aliphatic carbocycles. The molecule has 24 heavy (non-hydrogen) atoms. The van der Waals surface area contributed by atoms with Gasteiger partial charge in [-0.1, -0.05) is 0 Å². The van der Waals surface area contributed by atoms with Crippen molar-refractivity contribution in [2.24, 2.45) is 0 Å². The van der Waals surface area contributed by atoms with E-state index in [0.717, 1.165) is 0 Å². The van der Waals surface area contributed by atoms with Gasteiger partial charge in [0.25, 0.3) is 0 Å². The first kappa shape index (κ1) is 18.1. The van der Waals surface area contributed by atoms with Crippen molar-refractivity contribution in [2.45, 2.75) is 13.8 Å². The van der Waals surface area contributed by atoms with E-state index in [0.29, 0.717) is 16.9 Å². The third-order valence-electron chi connectivity index (χ3n) is 3.45. The van der Waals surface area contributed by atoms with Gasteiger partial charge < -0.3 is 0 Å². The predicted octanol–water partition coefficient (Wildman–Crippen LogP) is 0.896. The van der Waals surface area contributed by atoms with Gasteiger partial charge in [0.15, 0.2) is 0 Å². The Balaban J connectivity index is 2.93. The van der Waals surface area contributed by atoms with Crippen LogP contribution in [-0.2, 0) is 8.53 Å². The molecule has 0 radical (unpaired) electrons. The van der Waals surface area contributed by atoms with Crippen molar-refractivity contribution < 1.29 is 26.6 Å². The van der Waals surface area contributed by atoms with Gasteiger partial charge >= 0.3 is 141 Å². The van der Waals surface area contributed by atoms with Crippen LogP contribution in [0.25, 0.3) is 11.1 Å². The third kappa shape index (κ3) is 3.48. The number of rotatable bonds is 4. The number of para-hydroxylation sites is 1. The number of hydrogen-bond donors (Lipinski definition) is 4. The number of anilines is 1. The quantitative estimate of drug-likeness (QED) is 0.452. The molecular weight excluding hydrogens is 377 g/mol. The number of aromatic hydroxyl groups is 1. The van der Waals surface area contributed by atoms with E-state index in [1.54, 1.807) is 31.2 Å². The number of benzene rings is 2. The zero-order chi connectivity index (χ0) is 18.1. The Kier molecular flexibility index (Phi) is 5.08. The Morgan fingerprint density at radius 3 is 2.38 bits per heavy atom. The van der Waals surface area contributed by atoms with Gasteiger partial charge in [-0.25, -0.2) is 0 Å². The summed E-state index contributed by atoms with van der Waals surface area (Å²) in [6.45, 7) is 2.77. The zero-order valence-electron chi connectivity index (χ0n) is 13.4. The first-order valence-electron chi connectivity index (χ1n) is 7.00. The first-order valence-corrected chi connectivity index (χ1v) is 10.4. The van der Waals surface area contributed by atoms with Crippen LogP contribution in [-0.4, -0.2) is 40.5 Å². The third-order valence-corrected chi connectivity index (χ3v) is 5.65. The topological polar surface area (TPSA) is 116 Å². The maximum atomic E-state index is 12.1. The second-order valence-electron chi connectivity index (χ2n) is 5.24. The van der Waals surface area contributed by atoms with Crippen LogP contribution in [0.3, 0.4) is 0 Å². The van der Waals surface area contributed by atoms with Gasteiger partial charge in [0.1, 0.15) is 0 Å². The molecule has 2 rings (SSSR count). The van der Waals surface area contributed by atoms with E-state index in [2.05, 4.69) is 5.32 Å². The molecule has 128 valence electrons. The van der Waals surface area contributed by atoms with Crippen LogP contribution < -0.4 is 14.4 Å². The monoisotopic (exact) mass is 395 g/mol. The van der Waals surface area contributed by atoms with E-state index in [-0.39, 0.29) is 17.0 Å². The van der Waals surface area contributed by atoms with Gasteiger partial charge in [-0.3, -0.25) is 0 Å². The number of methoxy groups -OCH3 is 1. The summed E-state index contributed by atoms with van der Waals surface area (Å²) in [7, 11) is 1.45. The molecule has 8 heteroatoms. The molecule has 0 aliphatic heterocycles. The second kappa shape index (κ2) is 6.73. The van der Waals surface area contributed by atoms with Gasteiger partial charge in [0.05, 0.1) is 0 Å². The molecule has 2 aromatic rings. The fourth-order valence-corrected chi connectivity index (χ4v) is 4.46. The molecule has 0 spiro atoms. The van der Waals surface area contributed by atoms with Crippen molar-refractivity contribution in [3.63, 3.8) is 0 Å². The number of carbonyl (C=O) groups is 1. The van der Waals surface area contributed by atoms with Crippen molar-refractivity contribution in [3.05, 3.63) is 35.9 Å². The number of nitrogens with one attached hydrogen (secondary N) is 1. The molecule has 1 amide bonds. The van der Waals surface area contributed by atoms with Crippen molar-refractivity contribution in [1.29, 1.82) is 0 Å². The summed E-state index contributed by atoms with van der Waals surface area (Å²) in [5, 5.41) is 12.5. The van der Waals surface area contributed by atoms with Crippen molar-refractivity contribution >= 4 is 30.1 Å². The van der Waals surface area contributed by atoms with Gasteiger partial charge in [0.2, 0.25) is 0 Å². The summed E-state index contributed by atoms with van der Waals surface area (Å²) in [6.07, 6.45) is 0. The minimum atomic E-state index is -5.52. The maximum absolute atomic E-state index is 12.1. The molecule has 0 saturated heterocycles. The molecule has 4 N–H and O–H groups in total. The number of carbonyl (C=O) groups excluding carboxylic acids is 1. The van der Waals surface area contributed by atoms with E-state index in [1.807, 2.05) is 0 Å². The van der Waals surface area contributed by atoms with Crippen molar-refractivity contribution in [3.8, 4) is 22.6 Å². The Bertz CT molecular complexity index is 843. The molecule has 0 unspecified atom stereocenters. The number of ether oxygens (including phenoxy) is 1. The Labute approximate surface area is 141 Å². The van der Waals surface area contributed by atoms with E-state index in [1.165, 1.54) is 20.1 Å². The number of aryl methyl sites for hydroxylation is 1. The summed E-state index contributed by atoms with van der Waals surface area (Å²) < 4.78 is 36.8. The minimum absolute atomic E-state index is 0.207. The van der Waals surface area contributed by atoms with Crippen LogP contribution in [0.2, 0.25) is 0 Å². The fourth-order valence-electron chi connectivity index (χ4n) is 2.47. The predicted molar refractivity (Wildman–Crippen MR) is 89.6 cm³/mol. The van der Waals surface area contributed by atoms with Crippen LogP contribution in [0, 0.1) is 6.92 Å². The molecule has 7 nitrogen and oxygen atoms in total. The Morgan fingerprint density at radius 2 is 1.83 bits per heavy atom. The van der Waals surface area contributed by atoms with Crippen LogP contribution in [0.5, 0.6) is 11.5 Å². The Morgan fingerprint density at radius 1 is 1.21 bits per heavy atom. The van der Waals surface area contributed by atoms with E-state index in [9.17, 15) is 21.8 Å². The van der Waals surface area contributed by atoms with Gasteiger partial charge in [-0.05, 0) is 0 Å². The summed E-state index contributed by atoms with van der Waals surface area (Å²) >= 11 is -5.52. The molecular formula is C16H18AsNO6. The number of hydrogen-bond acceptors (Lipinski definition) is 4. The number of amides is 1.